The minimum atomic E-state index is -0.824. The molecule has 2 aliphatic rings. The van der Waals surface area contributed by atoms with Gasteiger partial charge in [-0.2, -0.15) is 0 Å². The first kappa shape index (κ1) is 8.10. The van der Waals surface area contributed by atoms with Crippen molar-refractivity contribution >= 4 is 0 Å². The van der Waals surface area contributed by atoms with Gasteiger partial charge in [-0.25, -0.2) is 0 Å². The maximum absolute atomic E-state index is 9.76. The Morgan fingerprint density at radius 1 is 1.50 bits per heavy atom. The molecule has 1 heterocycles. The van der Waals surface area contributed by atoms with Gasteiger partial charge in [0.25, 0.3) is 0 Å². The maximum atomic E-state index is 9.76. The van der Waals surface area contributed by atoms with E-state index in [0.29, 0.717) is 12.6 Å². The topological polar surface area (TPSA) is 23.5 Å². The van der Waals surface area contributed by atoms with Crippen LogP contribution in [-0.2, 0) is 0 Å². The minimum Gasteiger partial charge on any atom is -0.376 e. The van der Waals surface area contributed by atoms with Gasteiger partial charge in [0.15, 0.2) is 0 Å². The number of aliphatic hydroxyl groups is 1. The monoisotopic (exact) mass is 165 g/mol. The molecule has 1 saturated heterocycles. The Balaban J connectivity index is 1.94. The maximum Gasteiger partial charge on any atom is 0.139 e. The van der Waals surface area contributed by atoms with Gasteiger partial charge < -0.3 is 5.11 Å². The van der Waals surface area contributed by atoms with Crippen molar-refractivity contribution in [3.63, 3.8) is 0 Å². The first-order valence-electron chi connectivity index (χ1n) is 4.68. The molecule has 0 bridgehead atoms. The van der Waals surface area contributed by atoms with Crippen molar-refractivity contribution < 1.29 is 5.11 Å². The zero-order valence-corrected chi connectivity index (χ0v) is 7.29. The van der Waals surface area contributed by atoms with E-state index in [0.717, 1.165) is 13.0 Å². The number of nitrogens with zero attached hydrogens (tertiary/aromatic N) is 1. The van der Waals surface area contributed by atoms with Crippen LogP contribution in [0.1, 0.15) is 25.7 Å². The van der Waals surface area contributed by atoms with E-state index >= 15 is 0 Å². The first-order chi connectivity index (χ1) is 5.73. The Morgan fingerprint density at radius 3 is 2.67 bits per heavy atom. The third kappa shape index (κ3) is 1.24. The molecule has 1 saturated carbocycles. The molecule has 0 aromatic rings. The summed E-state index contributed by atoms with van der Waals surface area (Å²) in [6.07, 6.45) is 9.94. The predicted molar refractivity (Wildman–Crippen MR) is 47.6 cm³/mol. The van der Waals surface area contributed by atoms with Gasteiger partial charge in [-0.05, 0) is 12.8 Å². The lowest BCUT2D eigenvalue weighted by Crippen LogP contribution is -2.41. The van der Waals surface area contributed by atoms with Crippen molar-refractivity contribution in [2.45, 2.75) is 37.3 Å². The van der Waals surface area contributed by atoms with Crippen LogP contribution in [0.25, 0.3) is 0 Å². The first-order valence-corrected chi connectivity index (χ1v) is 4.68. The number of likely N-dealkylation sites (tertiary alicyclic amines) is 1. The molecule has 0 amide bonds. The van der Waals surface area contributed by atoms with Gasteiger partial charge in [0, 0.05) is 25.6 Å². The number of β-amino-alcohol motifs (C(OH)–C–C–N with tert-alkyl or cyclic N) is 1. The summed E-state index contributed by atoms with van der Waals surface area (Å²) in [4.78, 5) is 2.34. The highest BCUT2D eigenvalue weighted by molar-refractivity contribution is 5.13. The second-order valence-corrected chi connectivity index (χ2v) is 3.98. The Labute approximate surface area is 73.6 Å². The molecule has 0 aromatic carbocycles. The van der Waals surface area contributed by atoms with Crippen molar-refractivity contribution in [2.75, 3.05) is 13.1 Å². The summed E-state index contributed by atoms with van der Waals surface area (Å²) in [5.41, 5.74) is -0.824. The van der Waals surface area contributed by atoms with Gasteiger partial charge in [-0.15, -0.1) is 6.42 Å². The number of hydrogen-bond acceptors (Lipinski definition) is 2. The van der Waals surface area contributed by atoms with E-state index in [1.165, 1.54) is 19.3 Å². The zero-order valence-electron chi connectivity index (χ0n) is 7.29. The van der Waals surface area contributed by atoms with Crippen LogP contribution in [0, 0.1) is 12.3 Å². The summed E-state index contributed by atoms with van der Waals surface area (Å²) in [6.45, 7) is 1.67. The molecule has 66 valence electrons. The van der Waals surface area contributed by atoms with E-state index in [4.69, 9.17) is 6.42 Å². The molecule has 12 heavy (non-hydrogen) atoms. The number of hydrogen-bond donors (Lipinski definition) is 1. The third-order valence-corrected chi connectivity index (χ3v) is 3.14. The predicted octanol–water partition coefficient (Wildman–Crippen LogP) is 0.609. The Bertz CT molecular complexity index is 216. The summed E-state index contributed by atoms with van der Waals surface area (Å²) >= 11 is 0. The van der Waals surface area contributed by atoms with Crippen molar-refractivity contribution in [2.24, 2.45) is 0 Å². The van der Waals surface area contributed by atoms with Crippen LogP contribution in [0.5, 0.6) is 0 Å². The smallest absolute Gasteiger partial charge is 0.139 e. The van der Waals surface area contributed by atoms with Crippen molar-refractivity contribution in [1.29, 1.82) is 0 Å². The van der Waals surface area contributed by atoms with E-state index in [-0.39, 0.29) is 0 Å². The summed E-state index contributed by atoms with van der Waals surface area (Å²) < 4.78 is 0. The van der Waals surface area contributed by atoms with Gasteiger partial charge in [0.05, 0.1) is 0 Å². The molecule has 1 unspecified atom stereocenters. The van der Waals surface area contributed by atoms with E-state index in [1.54, 1.807) is 0 Å². The fourth-order valence-electron chi connectivity index (χ4n) is 2.00. The molecule has 1 aliphatic heterocycles. The van der Waals surface area contributed by atoms with E-state index in [2.05, 4.69) is 10.8 Å². The van der Waals surface area contributed by atoms with Gasteiger partial charge in [-0.1, -0.05) is 12.3 Å². The SMILES string of the molecule is C#CC1(O)CCN(C2CCC2)C1. The molecule has 2 rings (SSSR count). The summed E-state index contributed by atoms with van der Waals surface area (Å²) in [6, 6.07) is 0.715. The van der Waals surface area contributed by atoms with Crippen LogP contribution >= 0.6 is 0 Å². The second kappa shape index (κ2) is 2.76. The molecular formula is C10H15NO. The van der Waals surface area contributed by atoms with Crippen molar-refractivity contribution in [1.82, 2.24) is 4.90 Å². The highest BCUT2D eigenvalue weighted by Crippen LogP contribution is 2.31. The minimum absolute atomic E-state index is 0.689. The van der Waals surface area contributed by atoms with Crippen LogP contribution in [0.15, 0.2) is 0 Å². The standard InChI is InChI=1S/C10H15NO/c1-2-10(12)6-7-11(8-10)9-4-3-5-9/h1,9,12H,3-8H2. The molecule has 2 nitrogen and oxygen atoms in total. The average Bonchev–Trinajstić information content (AvgIpc) is 2.31. The van der Waals surface area contributed by atoms with Crippen LogP contribution in [0.4, 0.5) is 0 Å². The molecular weight excluding hydrogens is 150 g/mol. The summed E-state index contributed by atoms with van der Waals surface area (Å²) in [5, 5.41) is 9.76. The lowest BCUT2D eigenvalue weighted by Gasteiger charge is -2.34. The Morgan fingerprint density at radius 2 is 2.25 bits per heavy atom. The van der Waals surface area contributed by atoms with Gasteiger partial charge in [0.1, 0.15) is 5.60 Å². The number of terminal acetylenes is 1. The quantitative estimate of drug-likeness (QED) is 0.575. The summed E-state index contributed by atoms with van der Waals surface area (Å²) in [5.74, 6) is 2.49. The fourth-order valence-corrected chi connectivity index (χ4v) is 2.00. The molecule has 1 N–H and O–H groups in total. The molecule has 0 radical (unpaired) electrons. The average molecular weight is 165 g/mol. The lowest BCUT2D eigenvalue weighted by molar-refractivity contribution is 0.0840. The molecule has 0 spiro atoms. The van der Waals surface area contributed by atoms with Gasteiger partial charge in [-0.3, -0.25) is 4.90 Å². The van der Waals surface area contributed by atoms with Gasteiger partial charge >= 0.3 is 0 Å². The second-order valence-electron chi connectivity index (χ2n) is 3.98. The number of rotatable bonds is 1. The lowest BCUT2D eigenvalue weighted by atomic mass is 9.92. The normalized spacial score (nSPS) is 37.7. The molecule has 2 heteroatoms. The van der Waals surface area contributed by atoms with Crippen molar-refractivity contribution in [3.8, 4) is 12.3 Å². The third-order valence-electron chi connectivity index (χ3n) is 3.14. The van der Waals surface area contributed by atoms with E-state index in [1.807, 2.05) is 0 Å². The molecule has 2 fully saturated rings. The van der Waals surface area contributed by atoms with Crippen LogP contribution in [0.3, 0.4) is 0 Å². The van der Waals surface area contributed by atoms with Crippen LogP contribution in [-0.4, -0.2) is 34.7 Å². The Kier molecular flexibility index (Phi) is 1.86. The molecule has 1 aliphatic carbocycles. The molecule has 0 aromatic heterocycles. The zero-order chi connectivity index (χ0) is 8.60. The van der Waals surface area contributed by atoms with Gasteiger partial charge in [0.2, 0.25) is 0 Å². The fraction of sp³-hybridized carbons (Fsp3) is 0.800. The van der Waals surface area contributed by atoms with Crippen molar-refractivity contribution in [3.05, 3.63) is 0 Å². The largest absolute Gasteiger partial charge is 0.376 e. The van der Waals surface area contributed by atoms with E-state index in [9.17, 15) is 5.11 Å². The highest BCUT2D eigenvalue weighted by atomic mass is 16.3. The molecule has 1 atom stereocenters. The summed E-state index contributed by atoms with van der Waals surface area (Å²) in [7, 11) is 0. The van der Waals surface area contributed by atoms with Crippen LogP contribution in [0.2, 0.25) is 0 Å². The van der Waals surface area contributed by atoms with Crippen LogP contribution < -0.4 is 0 Å². The Hall–Kier alpha value is -0.520. The highest BCUT2D eigenvalue weighted by Gasteiger charge is 2.38. The van der Waals surface area contributed by atoms with E-state index < -0.39 is 5.60 Å².